The number of amides is 1. The number of carboxylic acid groups (broad SMARTS) is 1. The van der Waals surface area contributed by atoms with Crippen LogP contribution in [-0.2, 0) is 11.3 Å². The highest BCUT2D eigenvalue weighted by molar-refractivity contribution is 5.87. The van der Waals surface area contributed by atoms with Crippen molar-refractivity contribution >= 4 is 17.9 Å². The average Bonchev–Trinajstić information content (AvgIpc) is 2.53. The lowest BCUT2D eigenvalue weighted by Crippen LogP contribution is -2.28. The van der Waals surface area contributed by atoms with Crippen molar-refractivity contribution in [2.24, 2.45) is 0 Å². The van der Waals surface area contributed by atoms with Crippen LogP contribution in [0.2, 0.25) is 0 Å². The van der Waals surface area contributed by atoms with Gasteiger partial charge >= 0.3 is 12.1 Å². The Morgan fingerprint density at radius 1 is 1.24 bits per heavy atom. The smallest absolute Gasteiger partial charge is 0.415 e. The molecule has 0 unspecified atom stereocenters. The molecule has 0 aliphatic rings. The third-order valence-corrected chi connectivity index (χ3v) is 2.65. The first kappa shape index (κ1) is 14.4. The van der Waals surface area contributed by atoms with E-state index in [1.807, 2.05) is 30.3 Å². The second-order valence-electron chi connectivity index (χ2n) is 4.14. The fourth-order valence-corrected chi connectivity index (χ4v) is 1.55. The van der Waals surface area contributed by atoms with Gasteiger partial charge in [0.05, 0.1) is 0 Å². The van der Waals surface area contributed by atoms with Gasteiger partial charge < -0.3 is 9.84 Å². The Labute approximate surface area is 120 Å². The highest BCUT2D eigenvalue weighted by Gasteiger charge is 2.16. The monoisotopic (exact) mass is 287 g/mol. The van der Waals surface area contributed by atoms with Crippen molar-refractivity contribution in [1.82, 2.24) is 9.97 Å². The summed E-state index contributed by atoms with van der Waals surface area (Å²) in [5, 5.41) is 8.82. The van der Waals surface area contributed by atoms with E-state index in [2.05, 4.69) is 9.97 Å². The van der Waals surface area contributed by atoms with Crippen molar-refractivity contribution in [2.45, 2.75) is 6.61 Å². The predicted molar refractivity (Wildman–Crippen MR) is 74.0 cm³/mol. The normalized spacial score (nSPS) is 9.95. The van der Waals surface area contributed by atoms with Crippen LogP contribution in [0.1, 0.15) is 16.2 Å². The van der Waals surface area contributed by atoms with Gasteiger partial charge in [0, 0.05) is 13.2 Å². The lowest BCUT2D eigenvalue weighted by atomic mass is 10.2. The third kappa shape index (κ3) is 3.75. The standard InChI is InChI=1S/C14H13N3O4/c1-17(11-7-8-15-12(16-11)13(18)19)14(20)21-9-10-5-3-2-4-6-10/h2-8H,9H2,1H3,(H,18,19). The number of nitrogens with zero attached hydrogens (tertiary/aromatic N) is 3. The number of hydrogen-bond donors (Lipinski definition) is 1. The Morgan fingerprint density at radius 2 is 1.95 bits per heavy atom. The molecule has 1 N–H and O–H groups in total. The molecule has 2 rings (SSSR count). The summed E-state index contributed by atoms with van der Waals surface area (Å²) in [5.74, 6) is -1.49. The maximum absolute atomic E-state index is 11.9. The first-order valence-electron chi connectivity index (χ1n) is 6.08. The zero-order chi connectivity index (χ0) is 15.2. The summed E-state index contributed by atoms with van der Waals surface area (Å²) in [6.07, 6.45) is 0.640. The molecule has 2 aromatic rings. The zero-order valence-corrected chi connectivity index (χ0v) is 11.3. The molecule has 108 valence electrons. The van der Waals surface area contributed by atoms with Crippen molar-refractivity contribution in [1.29, 1.82) is 0 Å². The van der Waals surface area contributed by atoms with Gasteiger partial charge in [-0.2, -0.15) is 0 Å². The van der Waals surface area contributed by atoms with Crippen LogP contribution >= 0.6 is 0 Å². The van der Waals surface area contributed by atoms with Crippen LogP contribution in [0.3, 0.4) is 0 Å². The summed E-state index contributed by atoms with van der Waals surface area (Å²) < 4.78 is 5.12. The molecule has 1 aromatic carbocycles. The van der Waals surface area contributed by atoms with Gasteiger partial charge in [0.25, 0.3) is 0 Å². The average molecular weight is 287 g/mol. The van der Waals surface area contributed by atoms with Gasteiger partial charge in [-0.1, -0.05) is 30.3 Å². The van der Waals surface area contributed by atoms with Crippen molar-refractivity contribution in [2.75, 3.05) is 11.9 Å². The van der Waals surface area contributed by atoms with E-state index < -0.39 is 12.1 Å². The molecule has 0 spiro atoms. The Bertz CT molecular complexity index is 646. The van der Waals surface area contributed by atoms with Crippen LogP contribution in [0, 0.1) is 0 Å². The first-order valence-corrected chi connectivity index (χ1v) is 6.08. The predicted octanol–water partition coefficient (Wildman–Crippen LogP) is 1.95. The van der Waals surface area contributed by atoms with E-state index in [1.54, 1.807) is 0 Å². The molecule has 0 fully saturated rings. The number of hydrogen-bond acceptors (Lipinski definition) is 5. The summed E-state index contributed by atoms with van der Waals surface area (Å²) in [5.41, 5.74) is 0.855. The molecular formula is C14H13N3O4. The molecule has 1 amide bonds. The summed E-state index contributed by atoms with van der Waals surface area (Å²) in [6, 6.07) is 10.6. The van der Waals surface area contributed by atoms with E-state index in [0.717, 1.165) is 10.5 Å². The molecule has 0 aliphatic carbocycles. The van der Waals surface area contributed by atoms with Crippen LogP contribution in [0.4, 0.5) is 10.6 Å². The molecule has 21 heavy (non-hydrogen) atoms. The second-order valence-corrected chi connectivity index (χ2v) is 4.14. The summed E-state index contributed by atoms with van der Waals surface area (Å²) in [4.78, 5) is 31.2. The number of aromatic carboxylic acids is 1. The first-order chi connectivity index (χ1) is 10.1. The minimum absolute atomic E-state index is 0.126. The van der Waals surface area contributed by atoms with E-state index >= 15 is 0 Å². The molecular weight excluding hydrogens is 274 g/mol. The second kappa shape index (κ2) is 6.47. The molecule has 0 bridgehead atoms. The largest absolute Gasteiger partial charge is 0.475 e. The molecule has 7 nitrogen and oxygen atoms in total. The Balaban J connectivity index is 2.02. The topological polar surface area (TPSA) is 92.6 Å². The van der Waals surface area contributed by atoms with Gasteiger partial charge in [0.15, 0.2) is 0 Å². The van der Waals surface area contributed by atoms with E-state index in [0.29, 0.717) is 0 Å². The number of anilines is 1. The van der Waals surface area contributed by atoms with E-state index in [9.17, 15) is 9.59 Å². The zero-order valence-electron chi connectivity index (χ0n) is 11.3. The maximum atomic E-state index is 11.9. The Hall–Kier alpha value is -2.96. The minimum Gasteiger partial charge on any atom is -0.475 e. The van der Waals surface area contributed by atoms with Gasteiger partial charge in [0.1, 0.15) is 12.4 Å². The number of benzene rings is 1. The summed E-state index contributed by atoms with van der Waals surface area (Å²) in [6.45, 7) is 0.126. The summed E-state index contributed by atoms with van der Waals surface area (Å²) >= 11 is 0. The molecule has 1 heterocycles. The van der Waals surface area contributed by atoms with Crippen LogP contribution in [0.25, 0.3) is 0 Å². The van der Waals surface area contributed by atoms with Crippen LogP contribution in [0.5, 0.6) is 0 Å². The van der Waals surface area contributed by atoms with E-state index in [-0.39, 0.29) is 18.2 Å². The third-order valence-electron chi connectivity index (χ3n) is 2.65. The lowest BCUT2D eigenvalue weighted by Gasteiger charge is -2.16. The van der Waals surface area contributed by atoms with Crippen LogP contribution in [-0.4, -0.2) is 34.2 Å². The van der Waals surface area contributed by atoms with Crippen LogP contribution in [0.15, 0.2) is 42.6 Å². The fraction of sp³-hybridized carbons (Fsp3) is 0.143. The molecule has 1 aromatic heterocycles. The van der Waals surface area contributed by atoms with Gasteiger partial charge in [-0.05, 0) is 11.6 Å². The number of rotatable bonds is 4. The van der Waals surface area contributed by atoms with Gasteiger partial charge in [0.2, 0.25) is 5.82 Å². The number of carbonyl (C=O) groups is 2. The van der Waals surface area contributed by atoms with Gasteiger partial charge in [-0.25, -0.2) is 19.6 Å². The van der Waals surface area contributed by atoms with E-state index in [1.165, 1.54) is 19.3 Å². The number of carboxylic acids is 1. The fourth-order valence-electron chi connectivity index (χ4n) is 1.55. The molecule has 7 heteroatoms. The number of carbonyl (C=O) groups excluding carboxylic acids is 1. The molecule has 0 aliphatic heterocycles. The molecule has 0 saturated heterocycles. The van der Waals surface area contributed by atoms with Crippen molar-refractivity contribution in [3.63, 3.8) is 0 Å². The van der Waals surface area contributed by atoms with Gasteiger partial charge in [-0.15, -0.1) is 0 Å². The van der Waals surface area contributed by atoms with Crippen molar-refractivity contribution < 1.29 is 19.4 Å². The Kier molecular flexibility index (Phi) is 4.45. The highest BCUT2D eigenvalue weighted by atomic mass is 16.6. The molecule has 0 atom stereocenters. The lowest BCUT2D eigenvalue weighted by molar-refractivity contribution is 0.0683. The number of ether oxygens (including phenoxy) is 1. The quantitative estimate of drug-likeness (QED) is 0.923. The van der Waals surface area contributed by atoms with Gasteiger partial charge in [-0.3, -0.25) is 4.90 Å². The summed E-state index contributed by atoms with van der Waals surface area (Å²) in [7, 11) is 1.45. The SMILES string of the molecule is CN(C(=O)OCc1ccccc1)c1ccnc(C(=O)O)n1. The Morgan fingerprint density at radius 3 is 2.62 bits per heavy atom. The molecule has 0 radical (unpaired) electrons. The molecule has 0 saturated carbocycles. The van der Waals surface area contributed by atoms with Crippen molar-refractivity contribution in [3.05, 3.63) is 54.0 Å². The van der Waals surface area contributed by atoms with Crippen LogP contribution < -0.4 is 4.90 Å². The number of aromatic nitrogens is 2. The van der Waals surface area contributed by atoms with E-state index in [4.69, 9.17) is 9.84 Å². The minimum atomic E-state index is -1.26. The maximum Gasteiger partial charge on any atom is 0.415 e. The van der Waals surface area contributed by atoms with Crippen molar-refractivity contribution in [3.8, 4) is 0 Å². The highest BCUT2D eigenvalue weighted by Crippen LogP contribution is 2.10.